The molecular weight excluding hydrogens is 328 g/mol. The van der Waals surface area contributed by atoms with Gasteiger partial charge in [0.25, 0.3) is 0 Å². The van der Waals surface area contributed by atoms with Crippen molar-refractivity contribution < 1.29 is 17.6 Å². The molecule has 0 saturated carbocycles. The molecule has 2 rings (SSSR count). The molecule has 0 amide bonds. The van der Waals surface area contributed by atoms with Gasteiger partial charge in [-0.3, -0.25) is 0 Å². The van der Waals surface area contributed by atoms with Gasteiger partial charge in [0, 0.05) is 6.20 Å². The molecule has 0 spiro atoms. The molecule has 1 aromatic heterocycles. The molecule has 2 N–H and O–H groups in total. The highest BCUT2D eigenvalue weighted by Gasteiger charge is 2.34. The highest BCUT2D eigenvalue weighted by molar-refractivity contribution is 6.34. The minimum absolute atomic E-state index is 0.0847. The summed E-state index contributed by atoms with van der Waals surface area (Å²) in [6.07, 6.45) is -3.82. The molecule has 0 bridgehead atoms. The second-order valence-corrected chi connectivity index (χ2v) is 4.24. The van der Waals surface area contributed by atoms with Crippen LogP contribution in [0.15, 0.2) is 18.3 Å². The Bertz CT molecular complexity index is 747. The Hall–Kier alpha value is -2.67. The minimum Gasteiger partial charge on any atom is -0.359 e. The van der Waals surface area contributed by atoms with E-state index in [2.05, 4.69) is 25.9 Å². The van der Waals surface area contributed by atoms with Crippen molar-refractivity contribution in [3.8, 4) is 6.07 Å². The average Bonchev–Trinajstić information content (AvgIpc) is 2.95. The summed E-state index contributed by atoms with van der Waals surface area (Å²) >= 11 is 5.61. The summed E-state index contributed by atoms with van der Waals surface area (Å²) < 4.78 is 51.4. The molecule has 0 aliphatic heterocycles. The molecule has 6 nitrogen and oxygen atoms in total. The van der Waals surface area contributed by atoms with Crippen LogP contribution in [0.5, 0.6) is 0 Å². The monoisotopic (exact) mass is 332 g/mol. The summed E-state index contributed by atoms with van der Waals surface area (Å²) in [7, 11) is 0. The van der Waals surface area contributed by atoms with Crippen LogP contribution in [-0.2, 0) is 6.18 Å². The number of hydrogen-bond donors (Lipinski definition) is 2. The van der Waals surface area contributed by atoms with Gasteiger partial charge >= 0.3 is 6.18 Å². The summed E-state index contributed by atoms with van der Waals surface area (Å²) in [5.41, 5.74) is -1.82. The smallest absolute Gasteiger partial charge is 0.359 e. The zero-order chi connectivity index (χ0) is 16.3. The van der Waals surface area contributed by atoms with Gasteiger partial charge in [0.2, 0.25) is 5.82 Å². The lowest BCUT2D eigenvalue weighted by Gasteiger charge is -2.12. The van der Waals surface area contributed by atoms with Crippen LogP contribution in [0.4, 0.5) is 23.2 Å². The van der Waals surface area contributed by atoms with E-state index in [9.17, 15) is 17.6 Å². The van der Waals surface area contributed by atoms with Crippen LogP contribution in [0.3, 0.4) is 0 Å². The van der Waals surface area contributed by atoms with E-state index in [0.717, 1.165) is 12.3 Å². The van der Waals surface area contributed by atoms with Crippen LogP contribution in [0.25, 0.3) is 5.57 Å². The molecule has 114 valence electrons. The van der Waals surface area contributed by atoms with E-state index in [1.165, 1.54) is 0 Å². The fraction of sp³-hybridized carbons (Fsp3) is 0.0909. The number of benzene rings is 1. The molecule has 0 aliphatic rings. The van der Waals surface area contributed by atoms with Crippen molar-refractivity contribution in [2.45, 2.75) is 6.18 Å². The van der Waals surface area contributed by atoms with E-state index in [0.29, 0.717) is 0 Å². The topological polar surface area (TPSA) is 90.3 Å². The van der Waals surface area contributed by atoms with Crippen LogP contribution in [0.2, 0.25) is 5.02 Å². The van der Waals surface area contributed by atoms with Gasteiger partial charge in [-0.2, -0.15) is 23.6 Å². The Labute approximate surface area is 125 Å². The molecular formula is C11H5ClF4N6. The van der Waals surface area contributed by atoms with Gasteiger partial charge in [0.15, 0.2) is 0 Å². The maximum atomic E-state index is 13.3. The predicted molar refractivity (Wildman–Crippen MR) is 67.8 cm³/mol. The van der Waals surface area contributed by atoms with Gasteiger partial charge in [-0.05, 0) is 17.3 Å². The number of tetrazole rings is 1. The zero-order valence-corrected chi connectivity index (χ0v) is 11.2. The summed E-state index contributed by atoms with van der Waals surface area (Å²) in [5, 5.41) is 22.9. The predicted octanol–water partition coefficient (Wildman–Crippen LogP) is 2.99. The zero-order valence-electron chi connectivity index (χ0n) is 10.4. The lowest BCUT2D eigenvalue weighted by molar-refractivity contribution is -0.137. The fourth-order valence-electron chi connectivity index (χ4n) is 1.47. The Morgan fingerprint density at radius 3 is 2.68 bits per heavy atom. The van der Waals surface area contributed by atoms with Crippen molar-refractivity contribution in [3.05, 3.63) is 40.6 Å². The molecule has 2 aromatic rings. The van der Waals surface area contributed by atoms with Gasteiger partial charge in [-0.1, -0.05) is 11.6 Å². The third-order valence-electron chi connectivity index (χ3n) is 2.42. The highest BCUT2D eigenvalue weighted by Crippen LogP contribution is 2.39. The summed E-state index contributed by atoms with van der Waals surface area (Å²) in [6, 6.07) is 2.75. The number of nitrogens with one attached hydrogen (secondary N) is 2. The van der Waals surface area contributed by atoms with Gasteiger partial charge in [0.05, 0.1) is 16.3 Å². The lowest BCUT2D eigenvalue weighted by Crippen LogP contribution is -2.08. The number of hydrogen-bond acceptors (Lipinski definition) is 5. The Balaban J connectivity index is 2.38. The molecule has 0 saturated heterocycles. The van der Waals surface area contributed by atoms with Crippen LogP contribution in [0.1, 0.15) is 11.4 Å². The lowest BCUT2D eigenvalue weighted by atomic mass is 10.2. The largest absolute Gasteiger partial charge is 0.418 e. The van der Waals surface area contributed by atoms with E-state index in [4.69, 9.17) is 16.9 Å². The molecule has 0 unspecified atom stereocenters. The van der Waals surface area contributed by atoms with Crippen molar-refractivity contribution in [2.75, 3.05) is 5.32 Å². The van der Waals surface area contributed by atoms with Gasteiger partial charge in [0.1, 0.15) is 17.5 Å². The third kappa shape index (κ3) is 3.32. The first kappa shape index (κ1) is 15.7. The first-order valence-corrected chi connectivity index (χ1v) is 5.87. The molecule has 0 radical (unpaired) electrons. The van der Waals surface area contributed by atoms with Gasteiger partial charge in [-0.25, -0.2) is 4.39 Å². The van der Waals surface area contributed by atoms with Crippen molar-refractivity contribution in [1.82, 2.24) is 20.6 Å². The van der Waals surface area contributed by atoms with E-state index in [-0.39, 0.29) is 23.2 Å². The van der Waals surface area contributed by atoms with Crippen LogP contribution < -0.4 is 5.32 Å². The van der Waals surface area contributed by atoms with E-state index in [1.807, 2.05) is 0 Å². The standard InChI is InChI=1S/C11H5ClF4N6/c12-9-7(11(14,15)16)1-6(13)2-8(9)18-4-5(3-17)10-19-21-22-20-10/h1-2,4,18H,(H,19,20,21,22). The number of nitriles is 1. The second-order valence-electron chi connectivity index (χ2n) is 3.86. The molecule has 11 heteroatoms. The SMILES string of the molecule is N#CC(=CNc1cc(F)cc(C(F)(F)F)c1Cl)c1nn[nH]n1. The average molecular weight is 333 g/mol. The fourth-order valence-corrected chi connectivity index (χ4v) is 1.74. The number of nitrogens with zero attached hydrogens (tertiary/aromatic N) is 4. The molecule has 0 fully saturated rings. The number of rotatable bonds is 3. The Morgan fingerprint density at radius 2 is 2.14 bits per heavy atom. The van der Waals surface area contributed by atoms with Crippen molar-refractivity contribution in [2.24, 2.45) is 0 Å². The van der Waals surface area contributed by atoms with E-state index in [1.54, 1.807) is 6.07 Å². The quantitative estimate of drug-likeness (QED) is 0.666. The number of halogens is 5. The molecule has 0 atom stereocenters. The van der Waals surface area contributed by atoms with Crippen molar-refractivity contribution >= 4 is 22.9 Å². The van der Waals surface area contributed by atoms with Crippen LogP contribution in [-0.4, -0.2) is 20.6 Å². The van der Waals surface area contributed by atoms with E-state index < -0.39 is 22.6 Å². The second kappa shape index (κ2) is 5.98. The Kier molecular flexibility index (Phi) is 4.27. The van der Waals surface area contributed by atoms with E-state index >= 15 is 0 Å². The summed E-state index contributed by atoms with van der Waals surface area (Å²) in [5.74, 6) is -1.22. The number of aromatic nitrogens is 4. The van der Waals surface area contributed by atoms with Crippen molar-refractivity contribution in [3.63, 3.8) is 0 Å². The first-order valence-electron chi connectivity index (χ1n) is 5.49. The number of aromatic amines is 1. The third-order valence-corrected chi connectivity index (χ3v) is 2.83. The highest BCUT2D eigenvalue weighted by atomic mass is 35.5. The minimum atomic E-state index is -4.81. The Morgan fingerprint density at radius 1 is 1.41 bits per heavy atom. The maximum absolute atomic E-state index is 13.3. The maximum Gasteiger partial charge on any atom is 0.418 e. The number of H-pyrrole nitrogens is 1. The summed E-state index contributed by atoms with van der Waals surface area (Å²) in [4.78, 5) is 0. The van der Waals surface area contributed by atoms with Crippen LogP contribution in [0, 0.1) is 17.1 Å². The summed E-state index contributed by atoms with van der Waals surface area (Å²) in [6.45, 7) is 0. The molecule has 0 aliphatic carbocycles. The van der Waals surface area contributed by atoms with Gasteiger partial charge < -0.3 is 5.32 Å². The number of alkyl halides is 3. The van der Waals surface area contributed by atoms with Crippen LogP contribution >= 0.6 is 11.6 Å². The van der Waals surface area contributed by atoms with Crippen molar-refractivity contribution in [1.29, 1.82) is 5.26 Å². The van der Waals surface area contributed by atoms with Gasteiger partial charge in [-0.15, -0.1) is 10.2 Å². The number of allylic oxidation sites excluding steroid dienone is 1. The molecule has 1 heterocycles. The molecule has 22 heavy (non-hydrogen) atoms. The number of anilines is 1. The first-order chi connectivity index (χ1) is 10.3. The normalized spacial score (nSPS) is 12.1. The molecule has 1 aromatic carbocycles.